The number of nitrogens with zero attached hydrogens (tertiary/aromatic N) is 1. The number of hydrogen-bond donors (Lipinski definition) is 2. The van der Waals surface area contributed by atoms with Crippen molar-refractivity contribution in [1.29, 1.82) is 0 Å². The predicted octanol–water partition coefficient (Wildman–Crippen LogP) is 5.22. The maximum atomic E-state index is 13.1. The lowest BCUT2D eigenvalue weighted by Crippen LogP contribution is -2.38. The second-order valence-corrected chi connectivity index (χ2v) is 9.50. The topological polar surface area (TPSA) is 84.1 Å². The van der Waals surface area contributed by atoms with Gasteiger partial charge in [0, 0.05) is 5.92 Å². The Labute approximate surface area is 180 Å². The molecule has 6 heteroatoms. The summed E-state index contributed by atoms with van der Waals surface area (Å²) in [7, 11) is 0. The monoisotopic (exact) mass is 415 g/mol. The smallest absolute Gasteiger partial charge is 0.307 e. The van der Waals surface area contributed by atoms with Crippen molar-refractivity contribution in [2.24, 2.45) is 11.8 Å². The quantitative estimate of drug-likeness (QED) is 0.550. The lowest BCUT2D eigenvalue weighted by atomic mass is 9.95. The molecule has 0 fully saturated rings. The number of ether oxygens (including phenoxy) is 1. The molecule has 0 aliphatic carbocycles. The minimum atomic E-state index is -0.560. The molecule has 6 nitrogen and oxygen atoms in total. The SMILES string of the molecule is CCCC[C@H](CC(=O)OC(C)(C)C)C(=O)N[C@H](c1nc2ccc(C)cc2[nH]1)C(C)C. The Morgan fingerprint density at radius 3 is 2.53 bits per heavy atom. The third kappa shape index (κ3) is 6.85. The van der Waals surface area contributed by atoms with Crippen LogP contribution in [-0.2, 0) is 14.3 Å². The molecule has 0 aliphatic rings. The molecule has 2 N–H and O–H groups in total. The second kappa shape index (κ2) is 10.1. The van der Waals surface area contributed by atoms with E-state index in [2.05, 4.69) is 37.1 Å². The number of carbonyl (C=O) groups is 2. The number of esters is 1. The number of rotatable bonds is 9. The molecule has 0 saturated carbocycles. The number of benzene rings is 1. The van der Waals surface area contributed by atoms with Gasteiger partial charge in [0.15, 0.2) is 0 Å². The summed E-state index contributed by atoms with van der Waals surface area (Å²) in [5.74, 6) is 0.0193. The predicted molar refractivity (Wildman–Crippen MR) is 120 cm³/mol. The minimum absolute atomic E-state index is 0.0905. The zero-order chi connectivity index (χ0) is 22.5. The first-order valence-electron chi connectivity index (χ1n) is 11.0. The summed E-state index contributed by atoms with van der Waals surface area (Å²) in [4.78, 5) is 33.6. The molecule has 1 aromatic carbocycles. The molecule has 0 unspecified atom stereocenters. The van der Waals surface area contributed by atoms with E-state index < -0.39 is 11.5 Å². The molecule has 2 aromatic rings. The number of H-pyrrole nitrogens is 1. The second-order valence-electron chi connectivity index (χ2n) is 9.50. The Balaban J connectivity index is 2.18. The lowest BCUT2D eigenvalue weighted by molar-refractivity contribution is -0.157. The number of imidazole rings is 1. The third-order valence-electron chi connectivity index (χ3n) is 5.02. The van der Waals surface area contributed by atoms with E-state index in [9.17, 15) is 9.59 Å². The summed E-state index contributed by atoms with van der Waals surface area (Å²) >= 11 is 0. The normalized spacial score (nSPS) is 14.0. The minimum Gasteiger partial charge on any atom is -0.460 e. The Hall–Kier alpha value is -2.37. The van der Waals surface area contributed by atoms with Gasteiger partial charge in [-0.25, -0.2) is 4.98 Å². The van der Waals surface area contributed by atoms with Crippen LogP contribution in [-0.4, -0.2) is 27.4 Å². The van der Waals surface area contributed by atoms with E-state index in [1.807, 2.05) is 39.8 Å². The van der Waals surface area contributed by atoms with Crippen molar-refractivity contribution in [1.82, 2.24) is 15.3 Å². The van der Waals surface area contributed by atoms with E-state index in [1.165, 1.54) is 0 Å². The number of aromatic amines is 1. The Kier molecular flexibility index (Phi) is 8.04. The van der Waals surface area contributed by atoms with Gasteiger partial charge in [0.2, 0.25) is 5.91 Å². The van der Waals surface area contributed by atoms with Gasteiger partial charge in [-0.2, -0.15) is 0 Å². The van der Waals surface area contributed by atoms with Crippen LogP contribution in [0.15, 0.2) is 18.2 Å². The molecular weight excluding hydrogens is 378 g/mol. The van der Waals surface area contributed by atoms with Crippen molar-refractivity contribution in [2.75, 3.05) is 0 Å². The molecule has 30 heavy (non-hydrogen) atoms. The molecule has 2 rings (SSSR count). The largest absolute Gasteiger partial charge is 0.460 e. The van der Waals surface area contributed by atoms with E-state index >= 15 is 0 Å². The molecule has 166 valence electrons. The number of aryl methyl sites for hydroxylation is 1. The summed E-state index contributed by atoms with van der Waals surface area (Å²) in [6.45, 7) is 13.7. The van der Waals surface area contributed by atoms with E-state index in [-0.39, 0.29) is 30.3 Å². The molecule has 1 aromatic heterocycles. The summed E-state index contributed by atoms with van der Waals surface area (Å²) < 4.78 is 5.45. The van der Waals surface area contributed by atoms with Crippen LogP contribution in [0.1, 0.15) is 84.7 Å². The lowest BCUT2D eigenvalue weighted by Gasteiger charge is -2.25. The molecule has 1 amide bonds. The van der Waals surface area contributed by atoms with Gasteiger partial charge in [0.05, 0.1) is 23.5 Å². The molecule has 2 atom stereocenters. The average molecular weight is 416 g/mol. The van der Waals surface area contributed by atoms with Gasteiger partial charge in [0.1, 0.15) is 11.4 Å². The number of amides is 1. The van der Waals surface area contributed by atoms with E-state index in [0.717, 1.165) is 35.3 Å². The summed E-state index contributed by atoms with van der Waals surface area (Å²) in [5.41, 5.74) is 2.43. The molecule has 0 saturated heterocycles. The number of aromatic nitrogens is 2. The van der Waals surface area contributed by atoms with Crippen LogP contribution in [0.3, 0.4) is 0 Å². The van der Waals surface area contributed by atoms with Gasteiger partial charge in [-0.15, -0.1) is 0 Å². The first-order valence-corrected chi connectivity index (χ1v) is 11.0. The van der Waals surface area contributed by atoms with Crippen molar-refractivity contribution in [3.63, 3.8) is 0 Å². The molecule has 1 heterocycles. The summed E-state index contributed by atoms with van der Waals surface area (Å²) in [6, 6.07) is 5.80. The van der Waals surface area contributed by atoms with E-state index in [1.54, 1.807) is 0 Å². The molecule has 0 bridgehead atoms. The van der Waals surface area contributed by atoms with Crippen molar-refractivity contribution >= 4 is 22.9 Å². The molecule has 0 spiro atoms. The fraction of sp³-hybridized carbons (Fsp3) is 0.625. The Bertz CT molecular complexity index is 864. The highest BCUT2D eigenvalue weighted by molar-refractivity contribution is 5.84. The highest BCUT2D eigenvalue weighted by Gasteiger charge is 2.29. The Morgan fingerprint density at radius 2 is 1.93 bits per heavy atom. The van der Waals surface area contributed by atoms with Crippen molar-refractivity contribution in [2.45, 2.75) is 85.8 Å². The van der Waals surface area contributed by atoms with Crippen molar-refractivity contribution < 1.29 is 14.3 Å². The fourth-order valence-electron chi connectivity index (χ4n) is 3.47. The highest BCUT2D eigenvalue weighted by atomic mass is 16.6. The number of fused-ring (bicyclic) bond motifs is 1. The average Bonchev–Trinajstić information content (AvgIpc) is 3.03. The first-order chi connectivity index (χ1) is 14.0. The maximum Gasteiger partial charge on any atom is 0.307 e. The standard InChI is InChI=1S/C24H37N3O3/c1-8-9-10-17(14-20(28)30-24(5,6)7)23(29)27-21(15(2)3)22-25-18-12-11-16(4)13-19(18)26-22/h11-13,15,17,21H,8-10,14H2,1-7H3,(H,25,26)(H,27,29)/t17-,21+/m1/s1. The van der Waals surface area contributed by atoms with Crippen LogP contribution in [0.25, 0.3) is 11.0 Å². The zero-order valence-corrected chi connectivity index (χ0v) is 19.5. The number of nitrogens with one attached hydrogen (secondary N) is 2. The van der Waals surface area contributed by atoms with Gasteiger partial charge < -0.3 is 15.0 Å². The van der Waals surface area contributed by atoms with Gasteiger partial charge in [-0.3, -0.25) is 9.59 Å². The first kappa shape index (κ1) is 23.9. The van der Waals surface area contributed by atoms with Gasteiger partial charge >= 0.3 is 5.97 Å². The van der Waals surface area contributed by atoms with Crippen LogP contribution in [0.2, 0.25) is 0 Å². The number of hydrogen-bond acceptors (Lipinski definition) is 4. The molecular formula is C24H37N3O3. The summed E-state index contributed by atoms with van der Waals surface area (Å²) in [5, 5.41) is 3.15. The molecule has 0 radical (unpaired) electrons. The van der Waals surface area contributed by atoms with Crippen molar-refractivity contribution in [3.8, 4) is 0 Å². The summed E-state index contributed by atoms with van der Waals surface area (Å²) in [6.07, 6.45) is 2.60. The maximum absolute atomic E-state index is 13.1. The number of unbranched alkanes of at least 4 members (excludes halogenated alkanes) is 1. The zero-order valence-electron chi connectivity index (χ0n) is 19.5. The van der Waals surface area contributed by atoms with Gasteiger partial charge in [-0.1, -0.05) is 39.7 Å². The van der Waals surface area contributed by atoms with Crippen LogP contribution in [0.4, 0.5) is 0 Å². The van der Waals surface area contributed by atoms with E-state index in [0.29, 0.717) is 6.42 Å². The third-order valence-corrected chi connectivity index (χ3v) is 5.02. The van der Waals surface area contributed by atoms with Crippen LogP contribution in [0.5, 0.6) is 0 Å². The van der Waals surface area contributed by atoms with Crippen LogP contribution >= 0.6 is 0 Å². The molecule has 0 aliphatic heterocycles. The number of carbonyl (C=O) groups excluding carboxylic acids is 2. The van der Waals surface area contributed by atoms with Crippen molar-refractivity contribution in [3.05, 3.63) is 29.6 Å². The van der Waals surface area contributed by atoms with E-state index in [4.69, 9.17) is 9.72 Å². The Morgan fingerprint density at radius 1 is 1.23 bits per heavy atom. The van der Waals surface area contributed by atoms with Crippen LogP contribution < -0.4 is 5.32 Å². The van der Waals surface area contributed by atoms with Crippen LogP contribution in [0, 0.1) is 18.8 Å². The highest BCUT2D eigenvalue weighted by Crippen LogP contribution is 2.25. The van der Waals surface area contributed by atoms with Gasteiger partial charge in [-0.05, 0) is 57.7 Å². The fourth-order valence-corrected chi connectivity index (χ4v) is 3.47. The van der Waals surface area contributed by atoms with Gasteiger partial charge in [0.25, 0.3) is 0 Å².